The third-order valence-electron chi connectivity index (χ3n) is 3.76. The second-order valence-electron chi connectivity index (χ2n) is 5.53. The molecule has 0 saturated carbocycles. The molecule has 2 heterocycles. The molecule has 26 heavy (non-hydrogen) atoms. The topological polar surface area (TPSA) is 84.2 Å². The molecule has 10 heteroatoms. The standard InChI is InChI=1S/C16H14F3N3O2S2/c17-16(18,19)8-1-3-9(4-2-8)21-15(24)22-14-12(13(20)23)10-5-6-25-7-11(10)26-14/h1-4H,5-7H2,(H2,20,23)(H2,21,22,24). The highest BCUT2D eigenvalue weighted by Gasteiger charge is 2.30. The fraction of sp³-hybridized carbons (Fsp3) is 0.250. The van der Waals surface area contributed by atoms with Gasteiger partial charge >= 0.3 is 12.2 Å². The third kappa shape index (κ3) is 3.96. The van der Waals surface area contributed by atoms with Gasteiger partial charge in [0.1, 0.15) is 5.00 Å². The van der Waals surface area contributed by atoms with Crippen LogP contribution in [-0.2, 0) is 18.3 Å². The van der Waals surface area contributed by atoms with Gasteiger partial charge in [-0.3, -0.25) is 10.1 Å². The smallest absolute Gasteiger partial charge is 0.365 e. The first-order chi connectivity index (χ1) is 12.3. The molecule has 3 amide bonds. The normalized spacial score (nSPS) is 13.8. The van der Waals surface area contributed by atoms with E-state index in [9.17, 15) is 22.8 Å². The number of nitrogens with two attached hydrogens (primary N) is 1. The number of anilines is 2. The number of fused-ring (bicyclic) bond motifs is 1. The molecule has 0 aliphatic carbocycles. The minimum Gasteiger partial charge on any atom is -0.365 e. The first kappa shape index (κ1) is 18.6. The molecular weight excluding hydrogens is 387 g/mol. The molecule has 1 aliphatic heterocycles. The molecule has 138 valence electrons. The molecule has 1 aromatic heterocycles. The summed E-state index contributed by atoms with van der Waals surface area (Å²) in [4.78, 5) is 24.9. The van der Waals surface area contributed by atoms with Gasteiger partial charge in [-0.15, -0.1) is 11.3 Å². The van der Waals surface area contributed by atoms with Gasteiger partial charge in [0, 0.05) is 16.3 Å². The molecular formula is C16H14F3N3O2S2. The van der Waals surface area contributed by atoms with Gasteiger partial charge in [0.2, 0.25) is 0 Å². The molecule has 0 bridgehead atoms. The van der Waals surface area contributed by atoms with Gasteiger partial charge in [-0.25, -0.2) is 4.79 Å². The molecule has 0 radical (unpaired) electrons. The number of benzene rings is 1. The number of primary amides is 1. The summed E-state index contributed by atoms with van der Waals surface area (Å²) in [5, 5.41) is 5.38. The number of amides is 3. The van der Waals surface area contributed by atoms with E-state index in [1.807, 2.05) is 0 Å². The van der Waals surface area contributed by atoms with Gasteiger partial charge in [-0.05, 0) is 42.0 Å². The zero-order valence-electron chi connectivity index (χ0n) is 13.3. The van der Waals surface area contributed by atoms with E-state index in [1.54, 1.807) is 11.8 Å². The molecule has 3 rings (SSSR count). The van der Waals surface area contributed by atoms with Gasteiger partial charge in [-0.1, -0.05) is 0 Å². The lowest BCUT2D eigenvalue weighted by Crippen LogP contribution is -2.22. The Morgan fingerprint density at radius 2 is 1.81 bits per heavy atom. The summed E-state index contributed by atoms with van der Waals surface area (Å²) in [6.45, 7) is 0. The second-order valence-corrected chi connectivity index (χ2v) is 7.74. The van der Waals surface area contributed by atoms with Crippen LogP contribution in [0.3, 0.4) is 0 Å². The highest BCUT2D eigenvalue weighted by Crippen LogP contribution is 2.39. The highest BCUT2D eigenvalue weighted by molar-refractivity contribution is 7.98. The van der Waals surface area contributed by atoms with Crippen molar-refractivity contribution in [3.8, 4) is 0 Å². The molecule has 0 spiro atoms. The molecule has 1 aliphatic rings. The van der Waals surface area contributed by atoms with Crippen molar-refractivity contribution in [2.75, 3.05) is 16.4 Å². The van der Waals surface area contributed by atoms with Gasteiger partial charge in [-0.2, -0.15) is 24.9 Å². The average Bonchev–Trinajstić information content (AvgIpc) is 2.92. The van der Waals surface area contributed by atoms with E-state index in [0.717, 1.165) is 46.2 Å². The van der Waals surface area contributed by atoms with Gasteiger partial charge in [0.25, 0.3) is 5.91 Å². The Morgan fingerprint density at radius 3 is 2.42 bits per heavy atom. The lowest BCUT2D eigenvalue weighted by atomic mass is 10.1. The maximum absolute atomic E-state index is 12.6. The van der Waals surface area contributed by atoms with Crippen LogP contribution in [0.25, 0.3) is 0 Å². The van der Waals surface area contributed by atoms with Crippen molar-refractivity contribution in [2.24, 2.45) is 5.73 Å². The van der Waals surface area contributed by atoms with E-state index in [-0.39, 0.29) is 5.69 Å². The monoisotopic (exact) mass is 401 g/mol. The SMILES string of the molecule is NC(=O)c1c(NC(=O)Nc2ccc(C(F)(F)F)cc2)sc2c1CCSC2. The zero-order valence-corrected chi connectivity index (χ0v) is 14.9. The number of halogens is 3. The van der Waals surface area contributed by atoms with Crippen LogP contribution in [-0.4, -0.2) is 17.7 Å². The van der Waals surface area contributed by atoms with Crippen LogP contribution in [0.15, 0.2) is 24.3 Å². The molecule has 2 aromatic rings. The van der Waals surface area contributed by atoms with Crippen molar-refractivity contribution in [3.05, 3.63) is 45.8 Å². The predicted octanol–water partition coefficient (Wildman–Crippen LogP) is 4.30. The quantitative estimate of drug-likeness (QED) is 0.717. The average molecular weight is 401 g/mol. The lowest BCUT2D eigenvalue weighted by molar-refractivity contribution is -0.137. The minimum atomic E-state index is -4.44. The Balaban J connectivity index is 1.74. The van der Waals surface area contributed by atoms with Crippen LogP contribution in [0.1, 0.15) is 26.4 Å². The summed E-state index contributed by atoms with van der Waals surface area (Å²) >= 11 is 3.03. The second kappa shape index (κ2) is 7.20. The van der Waals surface area contributed by atoms with Crippen molar-refractivity contribution < 1.29 is 22.8 Å². The molecule has 4 N–H and O–H groups in total. The van der Waals surface area contributed by atoms with E-state index < -0.39 is 23.7 Å². The number of thiophene rings is 1. The largest absolute Gasteiger partial charge is 0.416 e. The van der Waals surface area contributed by atoms with Crippen molar-refractivity contribution >= 4 is 45.7 Å². The van der Waals surface area contributed by atoms with Crippen LogP contribution in [0, 0.1) is 0 Å². The first-order valence-electron chi connectivity index (χ1n) is 7.53. The first-order valence-corrected chi connectivity index (χ1v) is 9.50. The number of hydrogen-bond acceptors (Lipinski definition) is 4. The Morgan fingerprint density at radius 1 is 1.12 bits per heavy atom. The molecule has 5 nitrogen and oxygen atoms in total. The minimum absolute atomic E-state index is 0.202. The zero-order chi connectivity index (χ0) is 18.9. The van der Waals surface area contributed by atoms with E-state index in [4.69, 9.17) is 5.73 Å². The Kier molecular flexibility index (Phi) is 5.15. The van der Waals surface area contributed by atoms with Gasteiger partial charge < -0.3 is 11.1 Å². The number of hydrogen-bond donors (Lipinski definition) is 3. The Hall–Kier alpha value is -2.20. The molecule has 0 fully saturated rings. The lowest BCUT2D eigenvalue weighted by Gasteiger charge is -2.11. The summed E-state index contributed by atoms with van der Waals surface area (Å²) in [6.07, 6.45) is -3.73. The molecule has 0 saturated heterocycles. The molecule has 1 aromatic carbocycles. The fourth-order valence-corrected chi connectivity index (χ4v) is 4.97. The van der Waals surface area contributed by atoms with Crippen LogP contribution in [0.5, 0.6) is 0 Å². The summed E-state index contributed by atoms with van der Waals surface area (Å²) in [5.74, 6) is 1.02. The fourth-order valence-electron chi connectivity index (χ4n) is 2.59. The number of alkyl halides is 3. The maximum atomic E-state index is 12.6. The van der Waals surface area contributed by atoms with Gasteiger partial charge in [0.05, 0.1) is 11.1 Å². The maximum Gasteiger partial charge on any atom is 0.416 e. The summed E-state index contributed by atoms with van der Waals surface area (Å²) in [5.41, 5.74) is 6.03. The van der Waals surface area contributed by atoms with Crippen LogP contribution < -0.4 is 16.4 Å². The number of rotatable bonds is 3. The van der Waals surface area contributed by atoms with Crippen molar-refractivity contribution in [1.29, 1.82) is 0 Å². The number of carbonyl (C=O) groups excluding carboxylic acids is 2. The van der Waals surface area contributed by atoms with E-state index in [0.29, 0.717) is 17.0 Å². The van der Waals surface area contributed by atoms with Crippen LogP contribution >= 0.6 is 23.1 Å². The number of nitrogens with one attached hydrogen (secondary N) is 2. The molecule has 0 unspecified atom stereocenters. The number of urea groups is 1. The Labute approximate surface area is 155 Å². The van der Waals surface area contributed by atoms with Crippen LogP contribution in [0.2, 0.25) is 0 Å². The number of thioether (sulfide) groups is 1. The van der Waals surface area contributed by atoms with Crippen LogP contribution in [0.4, 0.5) is 28.7 Å². The van der Waals surface area contributed by atoms with E-state index in [2.05, 4.69) is 10.6 Å². The summed E-state index contributed by atoms with van der Waals surface area (Å²) in [6, 6.07) is 3.43. The van der Waals surface area contributed by atoms with E-state index >= 15 is 0 Å². The number of carbonyl (C=O) groups is 2. The van der Waals surface area contributed by atoms with Crippen molar-refractivity contribution in [3.63, 3.8) is 0 Å². The van der Waals surface area contributed by atoms with Gasteiger partial charge in [0.15, 0.2) is 0 Å². The summed E-state index contributed by atoms with van der Waals surface area (Å²) in [7, 11) is 0. The third-order valence-corrected chi connectivity index (χ3v) is 6.08. The highest BCUT2D eigenvalue weighted by atomic mass is 32.2. The Bertz CT molecular complexity index is 848. The van der Waals surface area contributed by atoms with E-state index in [1.165, 1.54) is 11.3 Å². The molecule has 0 atom stereocenters. The van der Waals surface area contributed by atoms with Crippen molar-refractivity contribution in [1.82, 2.24) is 0 Å². The summed E-state index contributed by atoms with van der Waals surface area (Å²) < 4.78 is 37.7. The predicted molar refractivity (Wildman–Crippen MR) is 96.8 cm³/mol. The van der Waals surface area contributed by atoms with Crippen molar-refractivity contribution in [2.45, 2.75) is 18.3 Å².